The zero-order valence-corrected chi connectivity index (χ0v) is 20.1. The van der Waals surface area contributed by atoms with Crippen LogP contribution < -0.4 is 5.32 Å². The molecule has 1 aliphatic carbocycles. The minimum atomic E-state index is 0.424. The molecule has 0 amide bonds. The number of nitrogens with zero attached hydrogens (tertiary/aromatic N) is 5. The first-order valence-electron chi connectivity index (χ1n) is 11.7. The smallest absolute Gasteiger partial charge is 0.171 e. The first-order chi connectivity index (χ1) is 16.2. The highest BCUT2D eigenvalue weighted by atomic mass is 79.9. The minimum absolute atomic E-state index is 0.424. The van der Waals surface area contributed by atoms with Gasteiger partial charge in [-0.15, -0.1) is 0 Å². The standard InChI is InChI=1S/C26H27BrN6/c27-23-16-30-33-25(29-15-18-5-3-9-28-14-18)13-24(31-26(23)33)21-8-4-10-32(17-21)22-11-19-6-1-2-7-20(19)12-22/h1-3,5-7,9,13-14,16,21-22,29H,4,8,10-12,15,17H2. The maximum absolute atomic E-state index is 5.05. The highest BCUT2D eigenvalue weighted by Crippen LogP contribution is 2.33. The Balaban J connectivity index is 1.25. The number of nitrogens with one attached hydrogen (secondary N) is 1. The maximum Gasteiger partial charge on any atom is 0.171 e. The van der Waals surface area contributed by atoms with E-state index in [9.17, 15) is 0 Å². The average Bonchev–Trinajstić information content (AvgIpc) is 3.47. The van der Waals surface area contributed by atoms with Crippen molar-refractivity contribution in [1.29, 1.82) is 0 Å². The van der Waals surface area contributed by atoms with Crippen LogP contribution in [-0.2, 0) is 19.4 Å². The van der Waals surface area contributed by atoms with Gasteiger partial charge in [0.2, 0.25) is 0 Å². The molecule has 1 unspecified atom stereocenters. The van der Waals surface area contributed by atoms with Gasteiger partial charge in [-0.25, -0.2) is 4.98 Å². The molecule has 4 heterocycles. The van der Waals surface area contributed by atoms with E-state index in [-0.39, 0.29) is 0 Å². The molecule has 6 nitrogen and oxygen atoms in total. The van der Waals surface area contributed by atoms with Crippen LogP contribution in [0.15, 0.2) is 65.5 Å². The van der Waals surface area contributed by atoms with Crippen molar-refractivity contribution in [1.82, 2.24) is 24.5 Å². The Bertz CT molecular complexity index is 1250. The number of aromatic nitrogens is 4. The summed E-state index contributed by atoms with van der Waals surface area (Å²) in [7, 11) is 0. The molecule has 0 radical (unpaired) electrons. The van der Waals surface area contributed by atoms with Crippen LogP contribution in [0, 0.1) is 0 Å². The van der Waals surface area contributed by atoms with E-state index in [1.165, 1.54) is 43.4 Å². The highest BCUT2D eigenvalue weighted by molar-refractivity contribution is 9.10. The van der Waals surface area contributed by atoms with Gasteiger partial charge in [-0.1, -0.05) is 30.3 Å². The third-order valence-electron chi connectivity index (χ3n) is 7.06. The van der Waals surface area contributed by atoms with Crippen molar-refractivity contribution in [2.24, 2.45) is 0 Å². The first-order valence-corrected chi connectivity index (χ1v) is 12.5. The van der Waals surface area contributed by atoms with Crippen LogP contribution in [-0.4, -0.2) is 43.6 Å². The lowest BCUT2D eigenvalue weighted by atomic mass is 9.93. The third-order valence-corrected chi connectivity index (χ3v) is 7.62. The lowest BCUT2D eigenvalue weighted by molar-refractivity contribution is 0.151. The Labute approximate surface area is 202 Å². The number of likely N-dealkylation sites (tertiary alicyclic amines) is 1. The second-order valence-corrected chi connectivity index (χ2v) is 10.0. The Morgan fingerprint density at radius 3 is 2.70 bits per heavy atom. The summed E-state index contributed by atoms with van der Waals surface area (Å²) in [6, 6.07) is 15.8. The molecule has 1 N–H and O–H groups in total. The molecule has 2 aliphatic rings. The number of piperidine rings is 1. The number of halogens is 1. The lowest BCUT2D eigenvalue weighted by Gasteiger charge is -2.36. The molecule has 1 atom stereocenters. The molecule has 1 aliphatic heterocycles. The van der Waals surface area contributed by atoms with Gasteiger partial charge in [-0.3, -0.25) is 9.88 Å². The zero-order chi connectivity index (χ0) is 22.2. The summed E-state index contributed by atoms with van der Waals surface area (Å²) in [5.41, 5.74) is 6.20. The van der Waals surface area contributed by atoms with E-state index in [2.05, 4.69) is 72.6 Å². The second-order valence-electron chi connectivity index (χ2n) is 9.17. The largest absolute Gasteiger partial charge is 0.366 e. The van der Waals surface area contributed by atoms with Crippen LogP contribution in [0.5, 0.6) is 0 Å². The van der Waals surface area contributed by atoms with Crippen LogP contribution in [0.1, 0.15) is 41.1 Å². The average molecular weight is 503 g/mol. The molecule has 168 valence electrons. The number of hydrogen-bond acceptors (Lipinski definition) is 5. The van der Waals surface area contributed by atoms with E-state index in [4.69, 9.17) is 4.98 Å². The van der Waals surface area contributed by atoms with Gasteiger partial charge in [0, 0.05) is 43.5 Å². The van der Waals surface area contributed by atoms with Crippen LogP contribution in [0.2, 0.25) is 0 Å². The van der Waals surface area contributed by atoms with E-state index in [0.717, 1.165) is 33.7 Å². The van der Waals surface area contributed by atoms with Gasteiger partial charge in [0.15, 0.2) is 5.65 Å². The molecular weight excluding hydrogens is 476 g/mol. The monoisotopic (exact) mass is 502 g/mol. The van der Waals surface area contributed by atoms with Crippen LogP contribution in [0.3, 0.4) is 0 Å². The second kappa shape index (κ2) is 8.88. The number of pyridine rings is 1. The van der Waals surface area contributed by atoms with E-state index >= 15 is 0 Å². The zero-order valence-electron chi connectivity index (χ0n) is 18.5. The van der Waals surface area contributed by atoms with Crippen molar-refractivity contribution in [3.05, 3.63) is 87.9 Å². The first kappa shape index (κ1) is 20.8. The lowest BCUT2D eigenvalue weighted by Crippen LogP contribution is -2.42. The van der Waals surface area contributed by atoms with Gasteiger partial charge in [0.25, 0.3) is 0 Å². The fourth-order valence-electron chi connectivity index (χ4n) is 5.36. The molecular formula is C26H27BrN6. The SMILES string of the molecule is Brc1cnn2c(NCc3cccnc3)cc(C3CCCN(C4Cc5ccccc5C4)C3)nc12. The van der Waals surface area contributed by atoms with Gasteiger partial charge in [-0.05, 0) is 70.9 Å². The normalized spacial score (nSPS) is 19.1. The predicted molar refractivity (Wildman–Crippen MR) is 133 cm³/mol. The van der Waals surface area contributed by atoms with E-state index in [1.54, 1.807) is 6.20 Å². The summed E-state index contributed by atoms with van der Waals surface area (Å²) in [5.74, 6) is 1.39. The molecule has 0 spiro atoms. The van der Waals surface area contributed by atoms with E-state index in [0.29, 0.717) is 18.5 Å². The van der Waals surface area contributed by atoms with Crippen molar-refractivity contribution in [2.45, 2.75) is 44.2 Å². The number of rotatable bonds is 5. The van der Waals surface area contributed by atoms with Gasteiger partial charge in [0.1, 0.15) is 5.82 Å². The molecule has 4 aromatic rings. The van der Waals surface area contributed by atoms with E-state index in [1.807, 2.05) is 23.0 Å². The summed E-state index contributed by atoms with van der Waals surface area (Å²) >= 11 is 3.64. The molecule has 1 fully saturated rings. The highest BCUT2D eigenvalue weighted by Gasteiger charge is 2.31. The van der Waals surface area contributed by atoms with Crippen LogP contribution >= 0.6 is 15.9 Å². The van der Waals surface area contributed by atoms with Gasteiger partial charge < -0.3 is 5.32 Å². The fraction of sp³-hybridized carbons (Fsp3) is 0.346. The molecule has 33 heavy (non-hydrogen) atoms. The Hall–Kier alpha value is -2.77. The van der Waals surface area contributed by atoms with Gasteiger partial charge in [-0.2, -0.15) is 9.61 Å². The quantitative estimate of drug-likeness (QED) is 0.422. The van der Waals surface area contributed by atoms with Crippen molar-refractivity contribution < 1.29 is 0 Å². The van der Waals surface area contributed by atoms with Crippen molar-refractivity contribution in [3.8, 4) is 0 Å². The minimum Gasteiger partial charge on any atom is -0.366 e. The number of hydrogen-bond donors (Lipinski definition) is 1. The summed E-state index contributed by atoms with van der Waals surface area (Å²) in [6.07, 6.45) is 10.2. The molecule has 7 heteroatoms. The molecule has 1 saturated heterocycles. The van der Waals surface area contributed by atoms with Crippen molar-refractivity contribution >= 4 is 27.4 Å². The summed E-state index contributed by atoms with van der Waals surface area (Å²) in [5, 5.41) is 8.10. The maximum atomic E-state index is 5.05. The Morgan fingerprint density at radius 1 is 1.06 bits per heavy atom. The molecule has 1 aromatic carbocycles. The number of fused-ring (bicyclic) bond motifs is 2. The molecule has 0 bridgehead atoms. The molecule has 3 aromatic heterocycles. The predicted octanol–water partition coefficient (Wildman–Crippen LogP) is 4.85. The summed E-state index contributed by atoms with van der Waals surface area (Å²) < 4.78 is 2.81. The van der Waals surface area contributed by atoms with Gasteiger partial charge in [0.05, 0.1) is 16.4 Å². The molecule has 6 rings (SSSR count). The summed E-state index contributed by atoms with van der Waals surface area (Å²) in [6.45, 7) is 2.94. The van der Waals surface area contributed by atoms with Gasteiger partial charge >= 0.3 is 0 Å². The third kappa shape index (κ3) is 4.15. The van der Waals surface area contributed by atoms with E-state index < -0.39 is 0 Å². The fourth-order valence-corrected chi connectivity index (χ4v) is 5.71. The van der Waals surface area contributed by atoms with Crippen molar-refractivity contribution in [3.63, 3.8) is 0 Å². The summed E-state index contributed by atoms with van der Waals surface area (Å²) in [4.78, 5) is 12.0. The topological polar surface area (TPSA) is 58.4 Å². The number of anilines is 1. The Kier molecular flexibility index (Phi) is 5.60. The van der Waals surface area contributed by atoms with Crippen LogP contribution in [0.4, 0.5) is 5.82 Å². The number of benzene rings is 1. The van der Waals surface area contributed by atoms with Crippen molar-refractivity contribution in [2.75, 3.05) is 18.4 Å². The molecule has 0 saturated carbocycles. The van der Waals surface area contributed by atoms with Crippen LogP contribution in [0.25, 0.3) is 5.65 Å². The Morgan fingerprint density at radius 2 is 1.91 bits per heavy atom.